The average molecular weight is 349 g/mol. The van der Waals surface area contributed by atoms with Crippen LogP contribution in [0, 0.1) is 12.3 Å². The van der Waals surface area contributed by atoms with Gasteiger partial charge in [-0.05, 0) is 12.5 Å². The molecule has 1 aliphatic heterocycles. The lowest BCUT2D eigenvalue weighted by Crippen LogP contribution is -2.42. The Morgan fingerprint density at radius 1 is 1.46 bits per heavy atom. The van der Waals surface area contributed by atoms with Gasteiger partial charge in [0, 0.05) is 11.3 Å². The van der Waals surface area contributed by atoms with E-state index in [0.29, 0.717) is 28.3 Å². The number of carbonyl (C=O) groups is 2. The lowest BCUT2D eigenvalue weighted by molar-refractivity contribution is -0.138. The summed E-state index contributed by atoms with van der Waals surface area (Å²) >= 11 is 0. The topological polar surface area (TPSA) is 98.7 Å². The Kier molecular flexibility index (Phi) is 3.21. The molecule has 0 saturated carbocycles. The number of fused-ring (bicyclic) bond motifs is 5. The van der Waals surface area contributed by atoms with Gasteiger partial charge in [0.25, 0.3) is 6.01 Å². The van der Waals surface area contributed by atoms with Crippen molar-refractivity contribution in [2.45, 2.75) is 12.3 Å². The van der Waals surface area contributed by atoms with Crippen LogP contribution < -0.4 is 5.73 Å². The summed E-state index contributed by atoms with van der Waals surface area (Å²) in [5, 5.41) is 0. The molecule has 0 radical (unpaired) electrons. The Morgan fingerprint density at radius 2 is 2.19 bits per heavy atom. The van der Waals surface area contributed by atoms with Crippen LogP contribution in [0.3, 0.4) is 0 Å². The number of esters is 1. The Balaban J connectivity index is 2.13. The molecule has 1 aromatic heterocycles. The molecule has 0 saturated heterocycles. The first-order valence-electron chi connectivity index (χ1n) is 7.90. The number of nitrogens with two attached hydrogens (primary N) is 1. The largest absolute Gasteiger partial charge is 0.466 e. The maximum Gasteiger partial charge on any atom is 0.337 e. The number of nitrogens with zero attached hydrogens (tertiary/aromatic N) is 2. The molecule has 2 N–H and O–H groups in total. The lowest BCUT2D eigenvalue weighted by Gasteiger charge is -2.25. The fraction of sp³-hybridized carbons (Fsp3) is 0.211. The highest BCUT2D eigenvalue weighted by molar-refractivity contribution is 6.14. The molecule has 7 nitrogen and oxygen atoms in total. The number of amides is 1. The minimum Gasteiger partial charge on any atom is -0.466 e. The maximum atomic E-state index is 13.6. The predicted octanol–water partition coefficient (Wildman–Crippen LogP) is 1.45. The second-order valence-electron chi connectivity index (χ2n) is 6.07. The van der Waals surface area contributed by atoms with Gasteiger partial charge >= 0.3 is 5.97 Å². The first kappa shape index (κ1) is 16.0. The predicted molar refractivity (Wildman–Crippen MR) is 92.4 cm³/mol. The molecule has 130 valence electrons. The maximum absolute atomic E-state index is 13.6. The van der Waals surface area contributed by atoms with Crippen molar-refractivity contribution in [1.82, 2.24) is 9.88 Å². The van der Waals surface area contributed by atoms with Crippen LogP contribution in [-0.4, -0.2) is 35.4 Å². The Bertz CT molecular complexity index is 1040. The molecule has 1 amide bonds. The van der Waals surface area contributed by atoms with E-state index in [1.807, 2.05) is 6.07 Å². The quantitative estimate of drug-likeness (QED) is 0.651. The standard InChI is InChI=1S/C19H15N3O4/c1-4-9-22-10(2)13(16(23)25-3)19(17(22)24)12-8-6-5-7-11(12)14-15(19)21-18(20)26-14/h1,5-8H,9H2,2-3H3,(H2,20,21)/t19-/m1/s1. The highest BCUT2D eigenvalue weighted by atomic mass is 16.5. The van der Waals surface area contributed by atoms with Crippen molar-refractivity contribution in [1.29, 1.82) is 0 Å². The number of benzene rings is 1. The molecule has 2 aliphatic rings. The highest BCUT2D eigenvalue weighted by Crippen LogP contribution is 2.57. The lowest BCUT2D eigenvalue weighted by atomic mass is 9.74. The number of carbonyl (C=O) groups excluding carboxylic acids is 2. The molecule has 2 aromatic rings. The van der Waals surface area contributed by atoms with Crippen LogP contribution >= 0.6 is 0 Å². The molecular formula is C19H15N3O4. The van der Waals surface area contributed by atoms with Gasteiger partial charge in [-0.1, -0.05) is 30.2 Å². The zero-order valence-corrected chi connectivity index (χ0v) is 14.2. The van der Waals surface area contributed by atoms with Gasteiger partial charge < -0.3 is 19.8 Å². The number of terminal acetylenes is 1. The summed E-state index contributed by atoms with van der Waals surface area (Å²) in [4.78, 5) is 31.9. The van der Waals surface area contributed by atoms with Crippen LogP contribution in [0.2, 0.25) is 0 Å². The third-order valence-corrected chi connectivity index (χ3v) is 4.92. The van der Waals surface area contributed by atoms with Gasteiger partial charge in [-0.3, -0.25) is 4.79 Å². The SMILES string of the molecule is C#CCN1C(=O)[C@@]2(C(C(=O)OC)=C1C)c1ccccc1-c1oc(N)nc12. The summed E-state index contributed by atoms with van der Waals surface area (Å²) in [5.74, 6) is 1.84. The summed E-state index contributed by atoms with van der Waals surface area (Å²) in [6, 6.07) is 7.10. The minimum absolute atomic E-state index is 0.0255. The smallest absolute Gasteiger partial charge is 0.337 e. The van der Waals surface area contributed by atoms with Crippen molar-refractivity contribution < 1.29 is 18.7 Å². The number of ether oxygens (including phenoxy) is 1. The summed E-state index contributed by atoms with van der Waals surface area (Å²) < 4.78 is 10.5. The summed E-state index contributed by atoms with van der Waals surface area (Å²) in [7, 11) is 1.27. The molecule has 26 heavy (non-hydrogen) atoms. The van der Waals surface area contributed by atoms with Crippen LogP contribution in [0.5, 0.6) is 0 Å². The first-order valence-corrected chi connectivity index (χ1v) is 7.90. The normalized spacial score (nSPS) is 20.3. The number of rotatable bonds is 2. The zero-order valence-electron chi connectivity index (χ0n) is 14.2. The van der Waals surface area contributed by atoms with Crippen molar-refractivity contribution in [3.05, 3.63) is 46.8 Å². The molecule has 7 heteroatoms. The van der Waals surface area contributed by atoms with Crippen molar-refractivity contribution >= 4 is 17.9 Å². The second-order valence-corrected chi connectivity index (χ2v) is 6.07. The number of allylic oxidation sites excluding steroid dienone is 1. The van der Waals surface area contributed by atoms with E-state index in [4.69, 9.17) is 21.3 Å². The molecule has 1 aromatic carbocycles. The Labute approximate surface area is 149 Å². The number of anilines is 1. The van der Waals surface area contributed by atoms with E-state index in [1.165, 1.54) is 12.0 Å². The van der Waals surface area contributed by atoms with Crippen molar-refractivity contribution in [3.8, 4) is 23.7 Å². The molecule has 2 heterocycles. The van der Waals surface area contributed by atoms with Gasteiger partial charge in [-0.25, -0.2) is 4.79 Å². The second kappa shape index (κ2) is 5.23. The number of nitrogen functional groups attached to an aromatic ring is 1. The van der Waals surface area contributed by atoms with Gasteiger partial charge in [-0.2, -0.15) is 4.98 Å². The third-order valence-electron chi connectivity index (χ3n) is 4.92. The van der Waals surface area contributed by atoms with Crippen LogP contribution in [0.1, 0.15) is 18.2 Å². The van der Waals surface area contributed by atoms with E-state index in [1.54, 1.807) is 25.1 Å². The highest BCUT2D eigenvalue weighted by Gasteiger charge is 2.63. The van der Waals surface area contributed by atoms with E-state index in [0.717, 1.165) is 0 Å². The molecule has 0 bridgehead atoms. The fourth-order valence-electron chi connectivity index (χ4n) is 3.93. The van der Waals surface area contributed by atoms with Gasteiger partial charge in [0.1, 0.15) is 5.69 Å². The van der Waals surface area contributed by atoms with Crippen LogP contribution in [0.15, 0.2) is 40.0 Å². The van der Waals surface area contributed by atoms with E-state index < -0.39 is 11.4 Å². The van der Waals surface area contributed by atoms with Gasteiger partial charge in [0.15, 0.2) is 11.2 Å². The van der Waals surface area contributed by atoms with Gasteiger partial charge in [-0.15, -0.1) is 6.42 Å². The van der Waals surface area contributed by atoms with E-state index in [9.17, 15) is 9.59 Å². The molecule has 1 aliphatic carbocycles. The van der Waals surface area contributed by atoms with E-state index in [-0.39, 0.29) is 24.0 Å². The minimum atomic E-state index is -1.47. The average Bonchev–Trinajstić information content (AvgIpc) is 3.21. The fourth-order valence-corrected chi connectivity index (χ4v) is 3.93. The summed E-state index contributed by atoms with van der Waals surface area (Å²) in [5.41, 5.74) is 6.46. The molecule has 1 spiro atoms. The molecular weight excluding hydrogens is 334 g/mol. The van der Waals surface area contributed by atoms with Crippen LogP contribution in [0.4, 0.5) is 6.01 Å². The van der Waals surface area contributed by atoms with Crippen LogP contribution in [0.25, 0.3) is 11.3 Å². The zero-order chi connectivity index (χ0) is 18.6. The first-order chi connectivity index (χ1) is 12.5. The third kappa shape index (κ3) is 1.66. The summed E-state index contributed by atoms with van der Waals surface area (Å²) in [6.07, 6.45) is 5.43. The molecule has 4 rings (SSSR count). The number of aromatic nitrogens is 1. The van der Waals surface area contributed by atoms with Crippen molar-refractivity contribution in [2.24, 2.45) is 0 Å². The Morgan fingerprint density at radius 3 is 2.88 bits per heavy atom. The monoisotopic (exact) mass is 349 g/mol. The summed E-state index contributed by atoms with van der Waals surface area (Å²) in [6.45, 7) is 1.69. The Hall–Kier alpha value is -3.53. The molecule has 0 unspecified atom stereocenters. The molecule has 0 fully saturated rings. The van der Waals surface area contributed by atoms with Crippen molar-refractivity contribution in [2.75, 3.05) is 19.4 Å². The van der Waals surface area contributed by atoms with E-state index in [2.05, 4.69) is 10.9 Å². The van der Waals surface area contributed by atoms with E-state index >= 15 is 0 Å². The molecule has 1 atom stereocenters. The number of hydrogen-bond acceptors (Lipinski definition) is 6. The number of hydrogen-bond donors (Lipinski definition) is 1. The number of oxazole rings is 1. The van der Waals surface area contributed by atoms with Crippen LogP contribution in [-0.2, 0) is 19.7 Å². The number of methoxy groups -OCH3 is 1. The van der Waals surface area contributed by atoms with Gasteiger partial charge in [0.2, 0.25) is 5.91 Å². The van der Waals surface area contributed by atoms with Gasteiger partial charge in [0.05, 0.1) is 19.2 Å². The van der Waals surface area contributed by atoms with Crippen molar-refractivity contribution in [3.63, 3.8) is 0 Å².